The lowest BCUT2D eigenvalue weighted by atomic mass is 10.0. The number of benzene rings is 3. The van der Waals surface area contributed by atoms with Gasteiger partial charge >= 0.3 is 6.03 Å². The topological polar surface area (TPSA) is 66.5 Å². The summed E-state index contributed by atoms with van der Waals surface area (Å²) in [6, 6.07) is 16.7. The van der Waals surface area contributed by atoms with E-state index in [2.05, 4.69) is 5.32 Å². The Morgan fingerprint density at radius 3 is 2.39 bits per heavy atom. The lowest BCUT2D eigenvalue weighted by molar-refractivity contribution is -0.122. The summed E-state index contributed by atoms with van der Waals surface area (Å²) in [6.45, 7) is 0. The number of hydrogen-bond acceptors (Lipinski definition) is 3. The first-order valence-corrected chi connectivity index (χ1v) is 9.05. The van der Waals surface area contributed by atoms with Gasteiger partial charge in [-0.05, 0) is 40.6 Å². The number of amides is 4. The molecule has 1 aliphatic heterocycles. The summed E-state index contributed by atoms with van der Waals surface area (Å²) in [6.07, 6.45) is 1.48. The molecule has 1 heterocycles. The second-order valence-electron chi connectivity index (χ2n) is 6.12. The van der Waals surface area contributed by atoms with Gasteiger partial charge in [-0.1, -0.05) is 65.7 Å². The standard InChI is InChI=1S/C21H12Cl2N2O3/c22-17-9-8-14(11-18(17)23)25-20(27)16(19(26)24-21(25)28)10-13-6-3-5-12-4-1-2-7-15(12)13/h1-11H,(H,24,26,28)/b16-10-. The summed E-state index contributed by atoms with van der Waals surface area (Å²) in [5.41, 5.74) is 0.760. The number of barbiturate groups is 1. The maximum absolute atomic E-state index is 13.0. The molecule has 5 nitrogen and oxygen atoms in total. The number of halogens is 2. The van der Waals surface area contributed by atoms with Gasteiger partial charge in [0, 0.05) is 0 Å². The minimum Gasteiger partial charge on any atom is -0.273 e. The molecule has 4 rings (SSSR count). The van der Waals surface area contributed by atoms with Crippen molar-refractivity contribution in [2.24, 2.45) is 0 Å². The van der Waals surface area contributed by atoms with Gasteiger partial charge in [0.05, 0.1) is 15.7 Å². The molecule has 0 atom stereocenters. The van der Waals surface area contributed by atoms with Crippen molar-refractivity contribution in [1.82, 2.24) is 5.32 Å². The van der Waals surface area contributed by atoms with Crippen LogP contribution in [0.3, 0.4) is 0 Å². The number of hydrogen-bond donors (Lipinski definition) is 1. The Kier molecular flexibility index (Phi) is 4.63. The molecule has 0 radical (unpaired) electrons. The van der Waals surface area contributed by atoms with Crippen molar-refractivity contribution in [3.05, 3.63) is 81.8 Å². The number of carbonyl (C=O) groups excluding carboxylic acids is 3. The molecule has 7 heteroatoms. The third-order valence-electron chi connectivity index (χ3n) is 4.39. The molecule has 0 bridgehead atoms. The largest absolute Gasteiger partial charge is 0.335 e. The Morgan fingerprint density at radius 1 is 0.857 bits per heavy atom. The SMILES string of the molecule is O=C1NC(=O)N(c2ccc(Cl)c(Cl)c2)C(=O)/C1=C\c1cccc2ccccc12. The number of imide groups is 2. The molecule has 138 valence electrons. The monoisotopic (exact) mass is 410 g/mol. The smallest absolute Gasteiger partial charge is 0.273 e. The van der Waals surface area contributed by atoms with E-state index in [0.29, 0.717) is 5.56 Å². The van der Waals surface area contributed by atoms with Crippen LogP contribution < -0.4 is 10.2 Å². The minimum atomic E-state index is -0.844. The van der Waals surface area contributed by atoms with E-state index < -0.39 is 17.8 Å². The first-order chi connectivity index (χ1) is 13.5. The van der Waals surface area contributed by atoms with Crippen LogP contribution in [0.15, 0.2) is 66.2 Å². The molecule has 1 fully saturated rings. The van der Waals surface area contributed by atoms with Crippen LogP contribution >= 0.6 is 23.2 Å². The zero-order valence-corrected chi connectivity index (χ0v) is 15.8. The van der Waals surface area contributed by atoms with E-state index in [1.807, 2.05) is 36.4 Å². The number of carbonyl (C=O) groups is 3. The Hall–Kier alpha value is -3.15. The Morgan fingerprint density at radius 2 is 1.61 bits per heavy atom. The summed E-state index contributed by atoms with van der Waals surface area (Å²) in [4.78, 5) is 38.5. The van der Waals surface area contributed by atoms with Crippen molar-refractivity contribution in [1.29, 1.82) is 0 Å². The van der Waals surface area contributed by atoms with Crippen LogP contribution in [-0.4, -0.2) is 17.8 Å². The van der Waals surface area contributed by atoms with Gasteiger partial charge in [0.15, 0.2) is 0 Å². The lowest BCUT2D eigenvalue weighted by Gasteiger charge is -2.26. The number of fused-ring (bicyclic) bond motifs is 1. The van der Waals surface area contributed by atoms with Crippen LogP contribution in [0.2, 0.25) is 10.0 Å². The molecule has 1 saturated heterocycles. The summed E-state index contributed by atoms with van der Waals surface area (Å²) in [7, 11) is 0. The number of urea groups is 1. The Labute approximate surface area is 170 Å². The van der Waals surface area contributed by atoms with Gasteiger partial charge in [-0.15, -0.1) is 0 Å². The zero-order valence-electron chi connectivity index (χ0n) is 14.3. The van der Waals surface area contributed by atoms with Crippen molar-refractivity contribution in [3.63, 3.8) is 0 Å². The highest BCUT2D eigenvalue weighted by molar-refractivity contribution is 6.43. The molecule has 3 aromatic rings. The van der Waals surface area contributed by atoms with Crippen LogP contribution in [0.4, 0.5) is 10.5 Å². The highest BCUT2D eigenvalue weighted by atomic mass is 35.5. The van der Waals surface area contributed by atoms with Gasteiger partial charge in [0.2, 0.25) is 0 Å². The van der Waals surface area contributed by atoms with Crippen molar-refractivity contribution >= 4 is 63.6 Å². The fraction of sp³-hybridized carbons (Fsp3) is 0. The maximum atomic E-state index is 13.0. The molecular formula is C21H12Cl2N2O3. The molecule has 0 unspecified atom stereocenters. The second-order valence-corrected chi connectivity index (χ2v) is 6.94. The molecule has 0 saturated carbocycles. The number of anilines is 1. The second kappa shape index (κ2) is 7.11. The molecule has 3 aromatic carbocycles. The third-order valence-corrected chi connectivity index (χ3v) is 5.13. The van der Waals surface area contributed by atoms with Gasteiger partial charge in [0.1, 0.15) is 5.57 Å². The molecule has 4 amide bonds. The quantitative estimate of drug-likeness (QED) is 0.486. The molecule has 0 aliphatic carbocycles. The van der Waals surface area contributed by atoms with Crippen LogP contribution in [0.5, 0.6) is 0 Å². The zero-order chi connectivity index (χ0) is 19.8. The number of nitrogens with one attached hydrogen (secondary N) is 1. The molecule has 28 heavy (non-hydrogen) atoms. The minimum absolute atomic E-state index is 0.151. The van der Waals surface area contributed by atoms with E-state index in [9.17, 15) is 14.4 Å². The van der Waals surface area contributed by atoms with Crippen molar-refractivity contribution in [2.75, 3.05) is 4.90 Å². The van der Waals surface area contributed by atoms with Crippen LogP contribution in [0.1, 0.15) is 5.56 Å². The fourth-order valence-corrected chi connectivity index (χ4v) is 3.34. The van der Waals surface area contributed by atoms with E-state index in [0.717, 1.165) is 15.7 Å². The Bertz CT molecular complexity index is 1180. The third kappa shape index (κ3) is 3.15. The lowest BCUT2D eigenvalue weighted by Crippen LogP contribution is -2.54. The average molecular weight is 411 g/mol. The van der Waals surface area contributed by atoms with E-state index in [-0.39, 0.29) is 21.3 Å². The van der Waals surface area contributed by atoms with Crippen LogP contribution in [-0.2, 0) is 9.59 Å². The van der Waals surface area contributed by atoms with Gasteiger partial charge < -0.3 is 0 Å². The average Bonchev–Trinajstić information content (AvgIpc) is 2.68. The van der Waals surface area contributed by atoms with Gasteiger partial charge in [0.25, 0.3) is 11.8 Å². The first-order valence-electron chi connectivity index (χ1n) is 8.30. The van der Waals surface area contributed by atoms with E-state index in [4.69, 9.17) is 23.2 Å². The van der Waals surface area contributed by atoms with Crippen LogP contribution in [0.25, 0.3) is 16.8 Å². The van der Waals surface area contributed by atoms with Gasteiger partial charge in [-0.3, -0.25) is 14.9 Å². The highest BCUT2D eigenvalue weighted by Gasteiger charge is 2.37. The molecular weight excluding hydrogens is 399 g/mol. The first kappa shape index (κ1) is 18.2. The fourth-order valence-electron chi connectivity index (χ4n) is 3.05. The van der Waals surface area contributed by atoms with Crippen molar-refractivity contribution < 1.29 is 14.4 Å². The van der Waals surface area contributed by atoms with Crippen molar-refractivity contribution in [3.8, 4) is 0 Å². The van der Waals surface area contributed by atoms with E-state index in [1.165, 1.54) is 24.3 Å². The van der Waals surface area contributed by atoms with E-state index in [1.54, 1.807) is 6.07 Å². The Balaban J connectivity index is 1.81. The summed E-state index contributed by atoms with van der Waals surface area (Å²) >= 11 is 11.9. The molecule has 0 spiro atoms. The van der Waals surface area contributed by atoms with Gasteiger partial charge in [-0.25, -0.2) is 9.69 Å². The number of nitrogens with zero attached hydrogens (tertiary/aromatic N) is 1. The van der Waals surface area contributed by atoms with E-state index >= 15 is 0 Å². The summed E-state index contributed by atoms with van der Waals surface area (Å²) < 4.78 is 0. The summed E-state index contributed by atoms with van der Waals surface area (Å²) in [5.74, 6) is -1.49. The van der Waals surface area contributed by atoms with Gasteiger partial charge in [-0.2, -0.15) is 0 Å². The highest BCUT2D eigenvalue weighted by Crippen LogP contribution is 2.30. The predicted molar refractivity (Wildman–Crippen MR) is 109 cm³/mol. The molecule has 0 aromatic heterocycles. The molecule has 1 N–H and O–H groups in total. The molecule has 1 aliphatic rings. The maximum Gasteiger partial charge on any atom is 0.335 e. The van der Waals surface area contributed by atoms with Crippen LogP contribution in [0, 0.1) is 0 Å². The predicted octanol–water partition coefficient (Wildman–Crippen LogP) is 4.81. The number of rotatable bonds is 2. The van der Waals surface area contributed by atoms with Crippen molar-refractivity contribution in [2.45, 2.75) is 0 Å². The summed E-state index contributed by atoms with van der Waals surface area (Å²) in [5, 5.41) is 4.53. The normalized spacial score (nSPS) is 16.0.